The average Bonchev–Trinajstić information content (AvgIpc) is 2.39. The fraction of sp³-hybridized carbons (Fsp3) is 0.143. The van der Waals surface area contributed by atoms with Crippen LogP contribution in [0, 0.1) is 0 Å². The zero-order valence-electron chi connectivity index (χ0n) is 10.7. The first kappa shape index (κ1) is 13.4. The van der Waals surface area contributed by atoms with Gasteiger partial charge < -0.3 is 20.5 Å². The van der Waals surface area contributed by atoms with Crippen molar-refractivity contribution in [2.75, 3.05) is 25.3 Å². The van der Waals surface area contributed by atoms with Crippen molar-refractivity contribution in [2.45, 2.75) is 0 Å². The highest BCUT2D eigenvalue weighted by Gasteiger charge is 2.10. The summed E-state index contributed by atoms with van der Waals surface area (Å²) >= 11 is 6.11. The van der Waals surface area contributed by atoms with E-state index in [0.29, 0.717) is 22.2 Å². The molecular formula is C14H15ClN2O2. The van der Waals surface area contributed by atoms with Gasteiger partial charge in [-0.1, -0.05) is 17.7 Å². The van der Waals surface area contributed by atoms with E-state index >= 15 is 0 Å². The van der Waals surface area contributed by atoms with E-state index in [1.165, 1.54) is 0 Å². The highest BCUT2D eigenvalue weighted by atomic mass is 35.5. The Morgan fingerprint density at radius 3 is 2.42 bits per heavy atom. The summed E-state index contributed by atoms with van der Waals surface area (Å²) in [5.41, 5.74) is 8.03. The van der Waals surface area contributed by atoms with Crippen LogP contribution in [0.3, 0.4) is 0 Å². The third-order valence-electron chi connectivity index (χ3n) is 2.64. The van der Waals surface area contributed by atoms with Crippen molar-refractivity contribution in [3.05, 3.63) is 41.4 Å². The van der Waals surface area contributed by atoms with E-state index in [0.717, 1.165) is 11.4 Å². The van der Waals surface area contributed by atoms with Crippen LogP contribution in [0.5, 0.6) is 11.5 Å². The number of hydrogen-bond donors (Lipinski definition) is 2. The molecule has 0 spiro atoms. The smallest absolute Gasteiger partial charge is 0.146 e. The van der Waals surface area contributed by atoms with Crippen LogP contribution < -0.4 is 20.5 Å². The Labute approximate surface area is 117 Å². The monoisotopic (exact) mass is 278 g/mol. The molecule has 19 heavy (non-hydrogen) atoms. The molecule has 4 nitrogen and oxygen atoms in total. The molecule has 0 bridgehead atoms. The lowest BCUT2D eigenvalue weighted by atomic mass is 10.2. The number of nitrogens with two attached hydrogens (primary N) is 1. The zero-order valence-corrected chi connectivity index (χ0v) is 11.5. The summed E-state index contributed by atoms with van der Waals surface area (Å²) in [6.07, 6.45) is 0. The van der Waals surface area contributed by atoms with Gasteiger partial charge in [0.2, 0.25) is 0 Å². The third kappa shape index (κ3) is 3.03. The van der Waals surface area contributed by atoms with Gasteiger partial charge in [-0.15, -0.1) is 0 Å². The Kier molecular flexibility index (Phi) is 4.02. The van der Waals surface area contributed by atoms with Crippen molar-refractivity contribution in [2.24, 2.45) is 0 Å². The molecule has 0 atom stereocenters. The first-order valence-electron chi connectivity index (χ1n) is 5.68. The van der Waals surface area contributed by atoms with Crippen molar-refractivity contribution >= 4 is 28.7 Å². The predicted molar refractivity (Wildman–Crippen MR) is 78.7 cm³/mol. The topological polar surface area (TPSA) is 56.5 Å². The van der Waals surface area contributed by atoms with Gasteiger partial charge in [-0.05, 0) is 24.3 Å². The van der Waals surface area contributed by atoms with E-state index < -0.39 is 0 Å². The Morgan fingerprint density at radius 1 is 1.05 bits per heavy atom. The molecule has 0 saturated carbocycles. The third-order valence-corrected chi connectivity index (χ3v) is 2.93. The molecule has 0 fully saturated rings. The molecule has 0 aliphatic heterocycles. The molecule has 2 rings (SSSR count). The van der Waals surface area contributed by atoms with Gasteiger partial charge in [0.15, 0.2) is 0 Å². The van der Waals surface area contributed by atoms with E-state index in [2.05, 4.69) is 5.32 Å². The van der Waals surface area contributed by atoms with E-state index in [4.69, 9.17) is 26.8 Å². The number of ether oxygens (including phenoxy) is 2. The van der Waals surface area contributed by atoms with Gasteiger partial charge in [0, 0.05) is 17.4 Å². The number of anilines is 3. The molecule has 0 aliphatic rings. The Hall–Kier alpha value is -2.07. The summed E-state index contributed by atoms with van der Waals surface area (Å²) in [6, 6.07) is 10.9. The SMILES string of the molecule is COc1cc(OC)c(Nc2cccc(N)c2)cc1Cl. The second-order valence-electron chi connectivity index (χ2n) is 3.94. The highest BCUT2D eigenvalue weighted by molar-refractivity contribution is 6.32. The van der Waals surface area contributed by atoms with Gasteiger partial charge >= 0.3 is 0 Å². The Morgan fingerprint density at radius 2 is 1.79 bits per heavy atom. The van der Waals surface area contributed by atoms with Gasteiger partial charge in [0.05, 0.1) is 24.9 Å². The van der Waals surface area contributed by atoms with E-state index in [1.807, 2.05) is 24.3 Å². The number of benzene rings is 2. The lowest BCUT2D eigenvalue weighted by Gasteiger charge is -2.14. The normalized spacial score (nSPS) is 10.1. The molecule has 0 aliphatic carbocycles. The van der Waals surface area contributed by atoms with E-state index in [-0.39, 0.29) is 0 Å². The molecule has 0 radical (unpaired) electrons. The van der Waals surface area contributed by atoms with Crippen LogP contribution >= 0.6 is 11.6 Å². The van der Waals surface area contributed by atoms with Crippen molar-refractivity contribution in [3.8, 4) is 11.5 Å². The quantitative estimate of drug-likeness (QED) is 0.838. The molecule has 100 valence electrons. The predicted octanol–water partition coefficient (Wildman–Crippen LogP) is 3.68. The first-order valence-corrected chi connectivity index (χ1v) is 6.06. The van der Waals surface area contributed by atoms with Crippen molar-refractivity contribution in [1.29, 1.82) is 0 Å². The van der Waals surface area contributed by atoms with Gasteiger partial charge in [-0.2, -0.15) is 0 Å². The summed E-state index contributed by atoms with van der Waals surface area (Å²) in [4.78, 5) is 0. The molecule has 0 aromatic heterocycles. The van der Waals surface area contributed by atoms with Crippen LogP contribution in [0.2, 0.25) is 5.02 Å². The van der Waals surface area contributed by atoms with Crippen LogP contribution in [0.15, 0.2) is 36.4 Å². The fourth-order valence-corrected chi connectivity index (χ4v) is 1.97. The van der Waals surface area contributed by atoms with Gasteiger partial charge in [-0.25, -0.2) is 0 Å². The number of halogens is 1. The lowest BCUT2D eigenvalue weighted by Crippen LogP contribution is -1.97. The van der Waals surface area contributed by atoms with Crippen molar-refractivity contribution in [1.82, 2.24) is 0 Å². The molecule has 2 aromatic carbocycles. The summed E-state index contributed by atoms with van der Waals surface area (Å²) in [5, 5.41) is 3.72. The summed E-state index contributed by atoms with van der Waals surface area (Å²) < 4.78 is 10.5. The molecule has 2 aromatic rings. The van der Waals surface area contributed by atoms with Gasteiger partial charge in [-0.3, -0.25) is 0 Å². The number of methoxy groups -OCH3 is 2. The molecule has 0 saturated heterocycles. The number of nitrogen functional groups attached to an aromatic ring is 1. The minimum Gasteiger partial charge on any atom is -0.495 e. The largest absolute Gasteiger partial charge is 0.495 e. The summed E-state index contributed by atoms with van der Waals surface area (Å²) in [7, 11) is 3.15. The van der Waals surface area contributed by atoms with Crippen molar-refractivity contribution in [3.63, 3.8) is 0 Å². The average molecular weight is 279 g/mol. The molecular weight excluding hydrogens is 264 g/mol. The minimum absolute atomic E-state index is 0.509. The maximum Gasteiger partial charge on any atom is 0.146 e. The summed E-state index contributed by atoms with van der Waals surface area (Å²) in [6.45, 7) is 0. The van der Waals surface area contributed by atoms with Crippen molar-refractivity contribution < 1.29 is 9.47 Å². The molecule has 5 heteroatoms. The maximum absolute atomic E-state index is 6.11. The molecule has 3 N–H and O–H groups in total. The van der Waals surface area contributed by atoms with Crippen LogP contribution in [0.4, 0.5) is 17.1 Å². The summed E-state index contributed by atoms with van der Waals surface area (Å²) in [5.74, 6) is 1.21. The van der Waals surface area contributed by atoms with Crippen LogP contribution in [-0.4, -0.2) is 14.2 Å². The minimum atomic E-state index is 0.509. The van der Waals surface area contributed by atoms with E-state index in [9.17, 15) is 0 Å². The molecule has 0 unspecified atom stereocenters. The lowest BCUT2D eigenvalue weighted by molar-refractivity contribution is 0.396. The number of rotatable bonds is 4. The number of nitrogens with one attached hydrogen (secondary N) is 1. The standard InChI is InChI=1S/C14H15ClN2O2/c1-18-13-8-14(19-2)12(7-11(13)15)17-10-5-3-4-9(16)6-10/h3-8,17H,16H2,1-2H3. The van der Waals surface area contributed by atoms with Gasteiger partial charge in [0.25, 0.3) is 0 Å². The van der Waals surface area contributed by atoms with Crippen LogP contribution in [0.25, 0.3) is 0 Å². The number of hydrogen-bond acceptors (Lipinski definition) is 4. The Balaban J connectivity index is 2.36. The first-order chi connectivity index (χ1) is 9.13. The molecule has 0 heterocycles. The second-order valence-corrected chi connectivity index (χ2v) is 4.34. The van der Waals surface area contributed by atoms with Crippen LogP contribution in [-0.2, 0) is 0 Å². The van der Waals surface area contributed by atoms with Crippen LogP contribution in [0.1, 0.15) is 0 Å². The van der Waals surface area contributed by atoms with E-state index in [1.54, 1.807) is 26.4 Å². The molecule has 0 amide bonds. The van der Waals surface area contributed by atoms with Gasteiger partial charge in [0.1, 0.15) is 11.5 Å². The maximum atomic E-state index is 6.11. The highest BCUT2D eigenvalue weighted by Crippen LogP contribution is 2.37. The zero-order chi connectivity index (χ0) is 13.8. The Bertz CT molecular complexity index is 588. The second kappa shape index (κ2) is 5.71. The fourth-order valence-electron chi connectivity index (χ4n) is 1.73.